The van der Waals surface area contributed by atoms with Crippen LogP contribution in [0, 0.1) is 6.92 Å². The summed E-state index contributed by atoms with van der Waals surface area (Å²) in [6, 6.07) is 15.0. The summed E-state index contributed by atoms with van der Waals surface area (Å²) in [5.41, 5.74) is 2.14. The summed E-state index contributed by atoms with van der Waals surface area (Å²) in [4.78, 5) is 12.6. The fourth-order valence-corrected chi connectivity index (χ4v) is 4.91. The Hall–Kier alpha value is -2.54. The summed E-state index contributed by atoms with van der Waals surface area (Å²) in [6.45, 7) is 6.15. The molecule has 1 atom stereocenters. The number of hydrogen-bond acceptors (Lipinski definition) is 4. The van der Waals surface area contributed by atoms with Crippen LogP contribution >= 0.6 is 0 Å². The monoisotopic (exact) mass is 430 g/mol. The van der Waals surface area contributed by atoms with Crippen molar-refractivity contribution in [3.8, 4) is 5.75 Å². The molecule has 0 unspecified atom stereocenters. The minimum Gasteiger partial charge on any atom is -0.487 e. The maximum Gasteiger partial charge on any atom is 0.232 e. The summed E-state index contributed by atoms with van der Waals surface area (Å²) in [6.07, 6.45) is 2.55. The van der Waals surface area contributed by atoms with Crippen LogP contribution in [0.3, 0.4) is 0 Å². The normalized spacial score (nSPS) is 17.5. The van der Waals surface area contributed by atoms with Gasteiger partial charge in [-0.2, -0.15) is 0 Å². The molecule has 0 fully saturated rings. The Balaban J connectivity index is 1.64. The lowest BCUT2D eigenvalue weighted by Crippen LogP contribution is -2.41. The Bertz CT molecular complexity index is 1020. The zero-order valence-corrected chi connectivity index (χ0v) is 18.8. The SMILES string of the molecule is Cc1ccccc1N(CCCC(=O)N[C@@H]1CC(C)(C)Oc2ccccc21)S(C)(=O)=O. The highest BCUT2D eigenvalue weighted by Crippen LogP contribution is 2.39. The number of rotatable bonds is 7. The molecule has 1 amide bonds. The second kappa shape index (κ2) is 8.68. The van der Waals surface area contributed by atoms with Crippen molar-refractivity contribution in [3.63, 3.8) is 0 Å². The van der Waals surface area contributed by atoms with Gasteiger partial charge in [-0.15, -0.1) is 0 Å². The third-order valence-corrected chi connectivity index (χ3v) is 6.44. The number of nitrogens with one attached hydrogen (secondary N) is 1. The first kappa shape index (κ1) is 22.2. The molecule has 1 aliphatic heterocycles. The van der Waals surface area contributed by atoms with Crippen molar-refractivity contribution in [1.29, 1.82) is 0 Å². The molecule has 30 heavy (non-hydrogen) atoms. The van der Waals surface area contributed by atoms with Crippen molar-refractivity contribution in [3.05, 3.63) is 59.7 Å². The van der Waals surface area contributed by atoms with Gasteiger partial charge in [-0.1, -0.05) is 36.4 Å². The van der Waals surface area contributed by atoms with Gasteiger partial charge >= 0.3 is 0 Å². The number of anilines is 1. The number of sulfonamides is 1. The minimum atomic E-state index is -3.44. The largest absolute Gasteiger partial charge is 0.487 e. The van der Waals surface area contributed by atoms with Gasteiger partial charge in [0, 0.05) is 24.9 Å². The molecule has 0 saturated heterocycles. The molecule has 0 spiro atoms. The molecule has 0 aliphatic carbocycles. The molecular formula is C23H30N2O4S. The van der Waals surface area contributed by atoms with E-state index in [2.05, 4.69) is 5.32 Å². The van der Waals surface area contributed by atoms with E-state index in [4.69, 9.17) is 4.74 Å². The number of para-hydroxylation sites is 2. The number of aryl methyl sites for hydroxylation is 1. The average Bonchev–Trinajstić information content (AvgIpc) is 2.64. The topological polar surface area (TPSA) is 75.7 Å². The fourth-order valence-electron chi connectivity index (χ4n) is 3.89. The van der Waals surface area contributed by atoms with Crippen LogP contribution in [0.4, 0.5) is 5.69 Å². The molecule has 1 heterocycles. The van der Waals surface area contributed by atoms with Gasteiger partial charge in [-0.05, 0) is 44.9 Å². The molecule has 2 aromatic carbocycles. The number of carbonyl (C=O) groups is 1. The van der Waals surface area contributed by atoms with E-state index in [1.165, 1.54) is 10.6 Å². The van der Waals surface area contributed by atoms with E-state index < -0.39 is 10.0 Å². The molecule has 6 nitrogen and oxygen atoms in total. The number of nitrogens with zero attached hydrogens (tertiary/aromatic N) is 1. The van der Waals surface area contributed by atoms with E-state index in [-0.39, 0.29) is 30.5 Å². The number of carbonyl (C=O) groups excluding carboxylic acids is 1. The third-order valence-electron chi connectivity index (χ3n) is 5.26. The summed E-state index contributed by atoms with van der Waals surface area (Å²) < 4.78 is 32.0. The maximum atomic E-state index is 12.6. The van der Waals surface area contributed by atoms with E-state index in [1.54, 1.807) is 6.07 Å². The van der Waals surface area contributed by atoms with Crippen molar-refractivity contribution in [2.75, 3.05) is 17.1 Å². The molecular weight excluding hydrogens is 400 g/mol. The first-order valence-corrected chi connectivity index (χ1v) is 12.0. The van der Waals surface area contributed by atoms with Crippen molar-refractivity contribution in [2.45, 2.75) is 51.7 Å². The number of fused-ring (bicyclic) bond motifs is 1. The zero-order chi connectivity index (χ0) is 21.9. The van der Waals surface area contributed by atoms with E-state index in [9.17, 15) is 13.2 Å². The first-order chi connectivity index (χ1) is 14.1. The zero-order valence-electron chi connectivity index (χ0n) is 18.0. The molecule has 0 aromatic heterocycles. The van der Waals surface area contributed by atoms with Crippen molar-refractivity contribution in [1.82, 2.24) is 5.32 Å². The molecule has 0 radical (unpaired) electrons. The number of hydrogen-bond donors (Lipinski definition) is 1. The highest BCUT2D eigenvalue weighted by atomic mass is 32.2. The van der Waals surface area contributed by atoms with E-state index in [0.29, 0.717) is 18.5 Å². The highest BCUT2D eigenvalue weighted by molar-refractivity contribution is 7.92. The Kier molecular flexibility index (Phi) is 6.41. The molecule has 1 aliphatic rings. The predicted octanol–water partition coefficient (Wildman–Crippen LogP) is 3.96. The van der Waals surface area contributed by atoms with Crippen molar-refractivity contribution in [2.24, 2.45) is 0 Å². The van der Waals surface area contributed by atoms with Crippen LogP contribution in [0.1, 0.15) is 50.3 Å². The van der Waals surface area contributed by atoms with E-state index in [1.807, 2.05) is 63.2 Å². The molecule has 7 heteroatoms. The lowest BCUT2D eigenvalue weighted by Gasteiger charge is -2.37. The Labute approximate surface area is 179 Å². The van der Waals surface area contributed by atoms with Gasteiger partial charge < -0.3 is 10.1 Å². The predicted molar refractivity (Wildman–Crippen MR) is 119 cm³/mol. The van der Waals surface area contributed by atoms with E-state index in [0.717, 1.165) is 16.9 Å². The summed E-state index contributed by atoms with van der Waals surface area (Å²) in [5.74, 6) is 0.701. The quantitative estimate of drug-likeness (QED) is 0.721. The third kappa shape index (κ3) is 5.33. The minimum absolute atomic E-state index is 0.0919. The molecule has 2 aromatic rings. The van der Waals surface area contributed by atoms with Gasteiger partial charge in [-0.25, -0.2) is 8.42 Å². The second-order valence-corrected chi connectivity index (χ2v) is 10.4. The van der Waals surface area contributed by atoms with Crippen LogP contribution < -0.4 is 14.4 Å². The highest BCUT2D eigenvalue weighted by Gasteiger charge is 2.34. The summed E-state index contributed by atoms with van der Waals surface area (Å²) in [7, 11) is -3.44. The maximum absolute atomic E-state index is 12.6. The van der Waals surface area contributed by atoms with Crippen LogP contribution in [-0.4, -0.2) is 32.7 Å². The van der Waals surface area contributed by atoms with Crippen molar-refractivity contribution >= 4 is 21.6 Å². The lowest BCUT2D eigenvalue weighted by molar-refractivity contribution is -0.122. The summed E-state index contributed by atoms with van der Waals surface area (Å²) in [5, 5.41) is 3.11. The van der Waals surface area contributed by atoms with Crippen LogP contribution in [0.15, 0.2) is 48.5 Å². The Morgan fingerprint density at radius 1 is 1.17 bits per heavy atom. The van der Waals surface area contributed by atoms with Gasteiger partial charge in [-0.3, -0.25) is 9.10 Å². The molecule has 0 bridgehead atoms. The van der Waals surface area contributed by atoms with Gasteiger partial charge in [0.05, 0.1) is 18.0 Å². The molecule has 1 N–H and O–H groups in total. The molecule has 162 valence electrons. The van der Waals surface area contributed by atoms with Crippen LogP contribution in [0.25, 0.3) is 0 Å². The van der Waals surface area contributed by atoms with Gasteiger partial charge in [0.1, 0.15) is 11.4 Å². The van der Waals surface area contributed by atoms with E-state index >= 15 is 0 Å². The second-order valence-electron chi connectivity index (χ2n) is 8.45. The fraction of sp³-hybridized carbons (Fsp3) is 0.435. The van der Waals surface area contributed by atoms with Crippen molar-refractivity contribution < 1.29 is 17.9 Å². The average molecular weight is 431 g/mol. The van der Waals surface area contributed by atoms with Crippen LogP contribution in [0.2, 0.25) is 0 Å². The Morgan fingerprint density at radius 2 is 1.83 bits per heavy atom. The first-order valence-electron chi connectivity index (χ1n) is 10.2. The number of ether oxygens (including phenoxy) is 1. The number of benzene rings is 2. The van der Waals surface area contributed by atoms with Gasteiger partial charge in [0.2, 0.25) is 15.9 Å². The van der Waals surface area contributed by atoms with Gasteiger partial charge in [0.15, 0.2) is 0 Å². The number of amides is 1. The Morgan fingerprint density at radius 3 is 2.53 bits per heavy atom. The smallest absolute Gasteiger partial charge is 0.232 e. The lowest BCUT2D eigenvalue weighted by atomic mass is 9.89. The summed E-state index contributed by atoms with van der Waals surface area (Å²) >= 11 is 0. The van der Waals surface area contributed by atoms with Crippen LogP contribution in [0.5, 0.6) is 5.75 Å². The molecule has 0 saturated carbocycles. The van der Waals surface area contributed by atoms with Gasteiger partial charge in [0.25, 0.3) is 0 Å². The van der Waals surface area contributed by atoms with Crippen LogP contribution in [-0.2, 0) is 14.8 Å². The standard InChI is InChI=1S/C23H30N2O4S/c1-17-10-5-7-12-20(17)25(30(4,27)28)15-9-14-22(26)24-19-16-23(2,3)29-21-13-8-6-11-18(19)21/h5-8,10-13,19H,9,14-16H2,1-4H3,(H,24,26)/t19-/m1/s1. The molecule has 3 rings (SSSR count).